The molecule has 3 rings (SSSR count). The number of ether oxygens (including phenoxy) is 2. The average molecular weight is 392 g/mol. The fraction of sp³-hybridized carbons (Fsp3) is 0.389. The third kappa shape index (κ3) is 4.71. The lowest BCUT2D eigenvalue weighted by Crippen LogP contribution is -2.49. The number of hydrogen-bond acceptors (Lipinski definition) is 7. The first-order chi connectivity index (χ1) is 13.1. The summed E-state index contributed by atoms with van der Waals surface area (Å²) in [6, 6.07) is 7.31. The zero-order valence-electron chi connectivity index (χ0n) is 15.3. The van der Waals surface area contributed by atoms with E-state index in [1.54, 1.807) is 31.1 Å². The SMILES string of the molecule is CCOC(=O)N1CCN(c2cc(Nc3ccc(OC)c(Cl)c3)ncn2)CC1. The Kier molecular flexibility index (Phi) is 6.18. The molecular weight excluding hydrogens is 370 g/mol. The van der Waals surface area contributed by atoms with Crippen molar-refractivity contribution >= 4 is 35.0 Å². The van der Waals surface area contributed by atoms with Crippen molar-refractivity contribution in [2.75, 3.05) is 50.1 Å². The first kappa shape index (κ1) is 19.0. The van der Waals surface area contributed by atoms with Crippen LogP contribution in [-0.2, 0) is 4.74 Å². The molecule has 0 atom stereocenters. The van der Waals surface area contributed by atoms with Gasteiger partial charge in [0.2, 0.25) is 0 Å². The lowest BCUT2D eigenvalue weighted by atomic mass is 10.3. The van der Waals surface area contributed by atoms with E-state index in [-0.39, 0.29) is 6.09 Å². The van der Waals surface area contributed by atoms with E-state index in [4.69, 9.17) is 21.1 Å². The van der Waals surface area contributed by atoms with Crippen molar-refractivity contribution in [1.29, 1.82) is 0 Å². The number of nitrogens with zero attached hydrogens (tertiary/aromatic N) is 4. The zero-order chi connectivity index (χ0) is 19.2. The minimum Gasteiger partial charge on any atom is -0.495 e. The highest BCUT2D eigenvalue weighted by atomic mass is 35.5. The van der Waals surface area contributed by atoms with E-state index in [0.29, 0.717) is 49.4 Å². The lowest BCUT2D eigenvalue weighted by Gasteiger charge is -2.34. The van der Waals surface area contributed by atoms with E-state index in [9.17, 15) is 4.79 Å². The molecule has 1 aromatic heterocycles. The van der Waals surface area contributed by atoms with Gasteiger partial charge in [-0.25, -0.2) is 14.8 Å². The summed E-state index contributed by atoms with van der Waals surface area (Å²) in [6.07, 6.45) is 1.25. The smallest absolute Gasteiger partial charge is 0.409 e. The van der Waals surface area contributed by atoms with E-state index < -0.39 is 0 Å². The number of aromatic nitrogens is 2. The van der Waals surface area contributed by atoms with Crippen LogP contribution in [0.4, 0.5) is 22.1 Å². The van der Waals surface area contributed by atoms with Gasteiger partial charge < -0.3 is 24.6 Å². The van der Waals surface area contributed by atoms with Crippen molar-refractivity contribution in [3.8, 4) is 5.75 Å². The van der Waals surface area contributed by atoms with Gasteiger partial charge >= 0.3 is 6.09 Å². The second-order valence-corrected chi connectivity index (χ2v) is 6.32. The molecule has 0 radical (unpaired) electrons. The number of nitrogens with one attached hydrogen (secondary N) is 1. The van der Waals surface area contributed by atoms with Gasteiger partial charge in [-0.1, -0.05) is 11.6 Å². The second kappa shape index (κ2) is 8.77. The van der Waals surface area contributed by atoms with Crippen LogP contribution in [0.3, 0.4) is 0 Å². The molecule has 0 bridgehead atoms. The van der Waals surface area contributed by atoms with E-state index >= 15 is 0 Å². The quantitative estimate of drug-likeness (QED) is 0.838. The number of rotatable bonds is 5. The van der Waals surface area contributed by atoms with Gasteiger partial charge in [-0.15, -0.1) is 0 Å². The Morgan fingerprint density at radius 3 is 2.67 bits per heavy atom. The normalized spacial score (nSPS) is 14.0. The molecule has 0 unspecified atom stereocenters. The molecule has 0 aliphatic carbocycles. The van der Waals surface area contributed by atoms with Gasteiger partial charge in [0.15, 0.2) is 0 Å². The Morgan fingerprint density at radius 1 is 1.22 bits per heavy atom. The predicted molar refractivity (Wildman–Crippen MR) is 104 cm³/mol. The third-order valence-corrected chi connectivity index (χ3v) is 4.50. The lowest BCUT2D eigenvalue weighted by molar-refractivity contribution is 0.105. The third-order valence-electron chi connectivity index (χ3n) is 4.21. The Balaban J connectivity index is 1.64. The fourth-order valence-electron chi connectivity index (χ4n) is 2.81. The molecule has 0 saturated carbocycles. The highest BCUT2D eigenvalue weighted by molar-refractivity contribution is 6.32. The second-order valence-electron chi connectivity index (χ2n) is 5.91. The molecule has 1 N–H and O–H groups in total. The number of methoxy groups -OCH3 is 1. The van der Waals surface area contributed by atoms with E-state index in [0.717, 1.165) is 11.5 Å². The summed E-state index contributed by atoms with van der Waals surface area (Å²) in [5, 5.41) is 3.74. The van der Waals surface area contributed by atoms with Crippen molar-refractivity contribution in [3.63, 3.8) is 0 Å². The minimum absolute atomic E-state index is 0.265. The average Bonchev–Trinajstić information content (AvgIpc) is 2.69. The topological polar surface area (TPSA) is 79.8 Å². The molecule has 1 fully saturated rings. The number of piperazine rings is 1. The van der Waals surface area contributed by atoms with Crippen LogP contribution in [0.5, 0.6) is 5.75 Å². The summed E-state index contributed by atoms with van der Waals surface area (Å²) >= 11 is 6.16. The van der Waals surface area contributed by atoms with Gasteiger partial charge in [0.05, 0.1) is 18.7 Å². The number of hydrogen-bond donors (Lipinski definition) is 1. The molecule has 8 nitrogen and oxygen atoms in total. The van der Waals surface area contributed by atoms with Crippen LogP contribution >= 0.6 is 11.6 Å². The first-order valence-corrected chi connectivity index (χ1v) is 9.07. The zero-order valence-corrected chi connectivity index (χ0v) is 16.1. The monoisotopic (exact) mass is 391 g/mol. The standard InChI is InChI=1S/C18H22ClN5O3/c1-3-27-18(25)24-8-6-23(7-9-24)17-11-16(20-12-21-17)22-13-4-5-15(26-2)14(19)10-13/h4-5,10-12H,3,6-9H2,1-2H3,(H,20,21,22). The highest BCUT2D eigenvalue weighted by Crippen LogP contribution is 2.29. The maximum Gasteiger partial charge on any atom is 0.409 e. The van der Waals surface area contributed by atoms with Crippen LogP contribution in [-0.4, -0.2) is 60.9 Å². The molecule has 1 aromatic carbocycles. The maximum absolute atomic E-state index is 11.8. The van der Waals surface area contributed by atoms with Crippen molar-refractivity contribution in [2.24, 2.45) is 0 Å². The van der Waals surface area contributed by atoms with Gasteiger partial charge in [-0.3, -0.25) is 0 Å². The van der Waals surface area contributed by atoms with E-state index in [1.807, 2.05) is 12.1 Å². The molecule has 0 spiro atoms. The van der Waals surface area contributed by atoms with Crippen molar-refractivity contribution < 1.29 is 14.3 Å². The number of anilines is 3. The van der Waals surface area contributed by atoms with Crippen LogP contribution in [0.15, 0.2) is 30.6 Å². The molecule has 1 saturated heterocycles. The van der Waals surface area contributed by atoms with Gasteiger partial charge in [0.25, 0.3) is 0 Å². The largest absolute Gasteiger partial charge is 0.495 e. The van der Waals surface area contributed by atoms with Crippen LogP contribution in [0, 0.1) is 0 Å². The Bertz CT molecular complexity index is 796. The number of carbonyl (C=O) groups is 1. The summed E-state index contributed by atoms with van der Waals surface area (Å²) in [6.45, 7) is 4.75. The Morgan fingerprint density at radius 2 is 2.00 bits per heavy atom. The Labute approximate surface area is 163 Å². The molecule has 9 heteroatoms. The Hall–Kier alpha value is -2.74. The maximum atomic E-state index is 11.8. The van der Waals surface area contributed by atoms with E-state index in [1.165, 1.54) is 6.33 Å². The molecule has 27 heavy (non-hydrogen) atoms. The summed E-state index contributed by atoms with van der Waals surface area (Å²) in [4.78, 5) is 24.2. The van der Waals surface area contributed by atoms with Gasteiger partial charge in [-0.05, 0) is 25.1 Å². The van der Waals surface area contributed by atoms with Crippen molar-refractivity contribution in [2.45, 2.75) is 6.92 Å². The molecule has 1 amide bonds. The van der Waals surface area contributed by atoms with Gasteiger partial charge in [-0.2, -0.15) is 0 Å². The number of benzene rings is 1. The summed E-state index contributed by atoms with van der Waals surface area (Å²) < 4.78 is 10.2. The van der Waals surface area contributed by atoms with Crippen LogP contribution in [0.1, 0.15) is 6.92 Å². The van der Waals surface area contributed by atoms with Crippen molar-refractivity contribution in [3.05, 3.63) is 35.6 Å². The van der Waals surface area contributed by atoms with Crippen LogP contribution < -0.4 is 15.0 Å². The minimum atomic E-state index is -0.265. The molecule has 1 aliphatic heterocycles. The summed E-state index contributed by atoms with van der Waals surface area (Å²) in [5.41, 5.74) is 0.803. The summed E-state index contributed by atoms with van der Waals surface area (Å²) in [7, 11) is 1.58. The summed E-state index contributed by atoms with van der Waals surface area (Å²) in [5.74, 6) is 2.08. The predicted octanol–water partition coefficient (Wildman–Crippen LogP) is 3.16. The van der Waals surface area contributed by atoms with E-state index in [2.05, 4.69) is 20.2 Å². The molecule has 2 aromatic rings. The highest BCUT2D eigenvalue weighted by Gasteiger charge is 2.22. The van der Waals surface area contributed by atoms with Crippen molar-refractivity contribution in [1.82, 2.24) is 14.9 Å². The first-order valence-electron chi connectivity index (χ1n) is 8.70. The fourth-order valence-corrected chi connectivity index (χ4v) is 3.07. The van der Waals surface area contributed by atoms with Crippen LogP contribution in [0.25, 0.3) is 0 Å². The molecule has 144 valence electrons. The van der Waals surface area contributed by atoms with Crippen LogP contribution in [0.2, 0.25) is 5.02 Å². The van der Waals surface area contributed by atoms with Gasteiger partial charge in [0.1, 0.15) is 23.7 Å². The molecular formula is C18H22ClN5O3. The molecule has 2 heterocycles. The number of carbonyl (C=O) groups excluding carboxylic acids is 1. The van der Waals surface area contributed by atoms with Gasteiger partial charge in [0, 0.05) is 37.9 Å². The number of amides is 1. The molecule has 1 aliphatic rings. The number of halogens is 1.